The SMILES string of the molecule is CCNC(=NCc1cccc(OC)c1OC)NCc1ccc(F)cc1CSC. The van der Waals surface area contributed by atoms with Crippen molar-refractivity contribution in [3.63, 3.8) is 0 Å². The van der Waals surface area contributed by atoms with E-state index in [2.05, 4.69) is 15.6 Å². The van der Waals surface area contributed by atoms with Crippen molar-refractivity contribution in [3.05, 3.63) is 58.9 Å². The lowest BCUT2D eigenvalue weighted by Gasteiger charge is -2.15. The molecule has 0 aliphatic heterocycles. The molecule has 0 aromatic heterocycles. The van der Waals surface area contributed by atoms with Gasteiger partial charge in [-0.05, 0) is 42.5 Å². The summed E-state index contributed by atoms with van der Waals surface area (Å²) in [7, 11) is 3.24. The molecule has 2 aromatic rings. The van der Waals surface area contributed by atoms with Crippen molar-refractivity contribution in [1.29, 1.82) is 0 Å². The summed E-state index contributed by atoms with van der Waals surface area (Å²) in [5, 5.41) is 6.57. The lowest BCUT2D eigenvalue weighted by atomic mass is 10.1. The second-order valence-corrected chi connectivity index (χ2v) is 6.91. The van der Waals surface area contributed by atoms with Gasteiger partial charge in [-0.25, -0.2) is 9.38 Å². The van der Waals surface area contributed by atoms with Gasteiger partial charge in [0.1, 0.15) is 5.82 Å². The maximum atomic E-state index is 13.5. The number of hydrogen-bond acceptors (Lipinski definition) is 4. The third-order valence-corrected chi connectivity index (χ3v) is 4.75. The number of para-hydroxylation sites is 1. The zero-order valence-electron chi connectivity index (χ0n) is 16.8. The molecule has 2 N–H and O–H groups in total. The molecule has 0 radical (unpaired) electrons. The number of hydrogen-bond donors (Lipinski definition) is 2. The van der Waals surface area contributed by atoms with E-state index in [4.69, 9.17) is 9.47 Å². The van der Waals surface area contributed by atoms with Gasteiger partial charge in [0.2, 0.25) is 0 Å². The molecule has 2 aromatic carbocycles. The predicted octanol–water partition coefficient (Wildman–Crippen LogP) is 3.96. The van der Waals surface area contributed by atoms with Gasteiger partial charge < -0.3 is 20.1 Å². The molecule has 0 fully saturated rings. The monoisotopic (exact) mass is 405 g/mol. The van der Waals surface area contributed by atoms with Gasteiger partial charge in [0.25, 0.3) is 0 Å². The van der Waals surface area contributed by atoms with Gasteiger partial charge in [0.05, 0.1) is 20.8 Å². The van der Waals surface area contributed by atoms with E-state index in [1.807, 2.05) is 37.4 Å². The summed E-state index contributed by atoms with van der Waals surface area (Å²) in [5.41, 5.74) is 2.98. The lowest BCUT2D eigenvalue weighted by molar-refractivity contribution is 0.352. The van der Waals surface area contributed by atoms with Gasteiger partial charge in [-0.1, -0.05) is 18.2 Å². The first kappa shape index (κ1) is 21.9. The van der Waals surface area contributed by atoms with Gasteiger partial charge >= 0.3 is 0 Å². The number of methoxy groups -OCH3 is 2. The highest BCUT2D eigenvalue weighted by molar-refractivity contribution is 7.97. The van der Waals surface area contributed by atoms with Crippen molar-refractivity contribution in [3.8, 4) is 11.5 Å². The quantitative estimate of drug-likeness (QED) is 0.489. The Hall–Kier alpha value is -2.41. The molecule has 0 aliphatic rings. The van der Waals surface area contributed by atoms with Crippen LogP contribution in [0.25, 0.3) is 0 Å². The maximum absolute atomic E-state index is 13.5. The zero-order valence-corrected chi connectivity index (χ0v) is 17.7. The highest BCUT2D eigenvalue weighted by atomic mass is 32.2. The maximum Gasteiger partial charge on any atom is 0.191 e. The van der Waals surface area contributed by atoms with Crippen LogP contribution < -0.4 is 20.1 Å². The summed E-state index contributed by atoms with van der Waals surface area (Å²) < 4.78 is 24.4. The van der Waals surface area contributed by atoms with Crippen LogP contribution in [0.2, 0.25) is 0 Å². The molecular formula is C21H28FN3O2S. The fraction of sp³-hybridized carbons (Fsp3) is 0.381. The molecule has 7 heteroatoms. The van der Waals surface area contributed by atoms with E-state index in [-0.39, 0.29) is 5.82 Å². The van der Waals surface area contributed by atoms with Crippen LogP contribution >= 0.6 is 11.8 Å². The highest BCUT2D eigenvalue weighted by Gasteiger charge is 2.10. The van der Waals surface area contributed by atoms with Crippen molar-refractivity contribution in [1.82, 2.24) is 10.6 Å². The summed E-state index contributed by atoms with van der Waals surface area (Å²) >= 11 is 1.67. The number of ether oxygens (including phenoxy) is 2. The Bertz CT molecular complexity index is 799. The van der Waals surface area contributed by atoms with Crippen molar-refractivity contribution in [2.24, 2.45) is 4.99 Å². The van der Waals surface area contributed by atoms with Gasteiger partial charge in [0, 0.05) is 24.4 Å². The minimum Gasteiger partial charge on any atom is -0.493 e. The first-order valence-corrected chi connectivity index (χ1v) is 10.5. The molecule has 0 heterocycles. The molecule has 0 saturated carbocycles. The normalized spacial score (nSPS) is 11.2. The lowest BCUT2D eigenvalue weighted by Crippen LogP contribution is -2.37. The number of benzene rings is 2. The largest absolute Gasteiger partial charge is 0.493 e. The molecule has 0 amide bonds. The van der Waals surface area contributed by atoms with Crippen LogP contribution in [0.15, 0.2) is 41.4 Å². The number of nitrogens with one attached hydrogen (secondary N) is 2. The summed E-state index contributed by atoms with van der Waals surface area (Å²) in [5.74, 6) is 2.61. The number of aliphatic imine (C=N–C) groups is 1. The van der Waals surface area contributed by atoms with Gasteiger partial charge in [-0.2, -0.15) is 11.8 Å². The fourth-order valence-corrected chi connectivity index (χ4v) is 3.40. The van der Waals surface area contributed by atoms with Crippen LogP contribution in [0.3, 0.4) is 0 Å². The molecule has 152 valence electrons. The molecule has 28 heavy (non-hydrogen) atoms. The second kappa shape index (κ2) is 11.4. The van der Waals surface area contributed by atoms with Crippen molar-refractivity contribution in [2.75, 3.05) is 27.0 Å². The Labute approximate surface area is 170 Å². The van der Waals surface area contributed by atoms with E-state index in [0.717, 1.165) is 29.0 Å². The average molecular weight is 406 g/mol. The van der Waals surface area contributed by atoms with Crippen LogP contribution in [-0.2, 0) is 18.8 Å². The molecular weight excluding hydrogens is 377 g/mol. The van der Waals surface area contributed by atoms with Crippen LogP contribution in [0, 0.1) is 5.82 Å². The Morgan fingerprint density at radius 2 is 1.89 bits per heavy atom. The Kier molecular flexibility index (Phi) is 8.94. The average Bonchev–Trinajstić information content (AvgIpc) is 2.71. The van der Waals surface area contributed by atoms with Crippen LogP contribution in [0.4, 0.5) is 4.39 Å². The third kappa shape index (κ3) is 6.05. The molecule has 0 unspecified atom stereocenters. The van der Waals surface area contributed by atoms with Crippen LogP contribution in [-0.4, -0.2) is 33.0 Å². The topological polar surface area (TPSA) is 54.9 Å². The first-order chi connectivity index (χ1) is 13.6. The van der Waals surface area contributed by atoms with Gasteiger partial charge in [-0.3, -0.25) is 0 Å². The molecule has 2 rings (SSSR count). The summed E-state index contributed by atoms with van der Waals surface area (Å²) in [6, 6.07) is 10.6. The van der Waals surface area contributed by atoms with E-state index in [1.54, 1.807) is 32.0 Å². The Morgan fingerprint density at radius 1 is 1.07 bits per heavy atom. The first-order valence-electron chi connectivity index (χ1n) is 9.11. The minimum atomic E-state index is -0.210. The van der Waals surface area contributed by atoms with Crippen LogP contribution in [0.1, 0.15) is 23.6 Å². The van der Waals surface area contributed by atoms with E-state index < -0.39 is 0 Å². The number of guanidine groups is 1. The highest BCUT2D eigenvalue weighted by Crippen LogP contribution is 2.31. The number of thioether (sulfide) groups is 1. The molecule has 0 atom stereocenters. The van der Waals surface area contributed by atoms with Gasteiger partial charge in [0.15, 0.2) is 17.5 Å². The van der Waals surface area contributed by atoms with Crippen molar-refractivity contribution >= 4 is 17.7 Å². The van der Waals surface area contributed by atoms with Gasteiger partial charge in [-0.15, -0.1) is 0 Å². The number of nitrogens with zero attached hydrogens (tertiary/aromatic N) is 1. The summed E-state index contributed by atoms with van der Waals surface area (Å²) in [6.45, 7) is 3.76. The Morgan fingerprint density at radius 3 is 2.57 bits per heavy atom. The summed E-state index contributed by atoms with van der Waals surface area (Å²) in [6.07, 6.45) is 2.01. The van der Waals surface area contributed by atoms with Crippen molar-refractivity contribution < 1.29 is 13.9 Å². The fourth-order valence-electron chi connectivity index (χ4n) is 2.82. The number of halogens is 1. The molecule has 0 aliphatic carbocycles. The Balaban J connectivity index is 2.14. The smallest absolute Gasteiger partial charge is 0.191 e. The predicted molar refractivity (Wildman–Crippen MR) is 115 cm³/mol. The molecule has 5 nitrogen and oxygen atoms in total. The zero-order chi connectivity index (χ0) is 20.4. The summed E-state index contributed by atoms with van der Waals surface area (Å²) in [4.78, 5) is 4.66. The van der Waals surface area contributed by atoms with E-state index in [9.17, 15) is 4.39 Å². The third-order valence-electron chi connectivity index (χ3n) is 4.15. The van der Waals surface area contributed by atoms with Crippen LogP contribution in [0.5, 0.6) is 11.5 Å². The molecule has 0 spiro atoms. The standard InChI is InChI=1S/C21H28FN3O2S/c1-5-23-21(24-12-15-9-10-18(22)11-17(15)14-28-4)25-13-16-7-6-8-19(26-2)20(16)27-3/h6-11H,5,12-14H2,1-4H3,(H2,23,24,25). The minimum absolute atomic E-state index is 0.210. The molecule has 0 bridgehead atoms. The van der Waals surface area contributed by atoms with E-state index in [0.29, 0.717) is 30.5 Å². The van der Waals surface area contributed by atoms with Crippen molar-refractivity contribution in [2.45, 2.75) is 25.8 Å². The van der Waals surface area contributed by atoms with E-state index in [1.165, 1.54) is 6.07 Å². The number of rotatable bonds is 9. The van der Waals surface area contributed by atoms with E-state index >= 15 is 0 Å². The second-order valence-electron chi connectivity index (χ2n) is 6.05. The molecule has 0 saturated heterocycles.